The normalized spacial score (nSPS) is 12.1. The van der Waals surface area contributed by atoms with Gasteiger partial charge in [-0.2, -0.15) is 0 Å². The van der Waals surface area contributed by atoms with E-state index in [4.69, 9.17) is 15.0 Å². The van der Waals surface area contributed by atoms with Gasteiger partial charge in [-0.25, -0.2) is 9.97 Å². The van der Waals surface area contributed by atoms with Crippen LogP contribution in [0.25, 0.3) is 119 Å². The van der Waals surface area contributed by atoms with E-state index >= 15 is 0 Å². The van der Waals surface area contributed by atoms with Crippen molar-refractivity contribution in [2.75, 3.05) is 0 Å². The monoisotopic (exact) mass is 780 g/mol. The first-order valence-corrected chi connectivity index (χ1v) is 20.5. The zero-order chi connectivity index (χ0) is 40.3. The summed E-state index contributed by atoms with van der Waals surface area (Å²) in [6, 6.07) is 61.8. The van der Waals surface area contributed by atoms with Crippen molar-refractivity contribution >= 4 is 68.2 Å². The molecule has 12 rings (SSSR count). The number of aromatic nitrogens is 6. The number of nitrogens with one attached hydrogen (secondary N) is 2. The Morgan fingerprint density at radius 3 is 1.41 bits per heavy atom. The second kappa shape index (κ2) is 14.2. The minimum Gasteiger partial charge on any atom is -0.354 e. The molecule has 0 saturated carbocycles. The van der Waals surface area contributed by atoms with Crippen molar-refractivity contribution < 1.29 is 0 Å². The second-order valence-electron chi connectivity index (χ2n) is 15.4. The van der Waals surface area contributed by atoms with Crippen LogP contribution in [-0.2, 0) is 0 Å². The molecule has 2 N–H and O–H groups in total. The topological polar surface area (TPSA) is 75.2 Å². The van der Waals surface area contributed by atoms with Crippen molar-refractivity contribution in [3.8, 4) is 50.3 Å². The Hall–Kier alpha value is -8.35. The molecule has 2 aliphatic heterocycles. The quantitative estimate of drug-likeness (QED) is 0.183. The van der Waals surface area contributed by atoms with Crippen molar-refractivity contribution in [2.45, 2.75) is 0 Å². The Morgan fingerprint density at radius 1 is 0.361 bits per heavy atom. The van der Waals surface area contributed by atoms with Gasteiger partial charge in [-0.3, -0.25) is 4.98 Å². The second-order valence-corrected chi connectivity index (χ2v) is 15.4. The molecule has 0 amide bonds. The van der Waals surface area contributed by atoms with Crippen LogP contribution in [0.3, 0.4) is 0 Å². The van der Waals surface area contributed by atoms with E-state index in [1.807, 2.05) is 24.4 Å². The van der Waals surface area contributed by atoms with Crippen LogP contribution in [0.5, 0.6) is 0 Å². The summed E-state index contributed by atoms with van der Waals surface area (Å²) < 4.78 is 2.36. The van der Waals surface area contributed by atoms with E-state index < -0.39 is 0 Å². The van der Waals surface area contributed by atoms with Gasteiger partial charge in [0.1, 0.15) is 0 Å². The lowest BCUT2D eigenvalue weighted by atomic mass is 10.0. The highest BCUT2D eigenvalue weighted by molar-refractivity contribution is 6.11. The molecular weight excluding hydrogens is 745 g/mol. The van der Waals surface area contributed by atoms with Gasteiger partial charge in [0, 0.05) is 61.5 Å². The summed E-state index contributed by atoms with van der Waals surface area (Å²) in [5, 5.41) is 2.37. The van der Waals surface area contributed by atoms with Crippen LogP contribution in [0, 0.1) is 0 Å². The minimum atomic E-state index is 0.833. The maximum atomic E-state index is 5.53. The first-order chi connectivity index (χ1) is 30.2. The summed E-state index contributed by atoms with van der Waals surface area (Å²) in [6.45, 7) is 0. The minimum absolute atomic E-state index is 0.833. The fourth-order valence-electron chi connectivity index (χ4n) is 9.09. The molecule has 0 fully saturated rings. The van der Waals surface area contributed by atoms with Gasteiger partial charge in [-0.15, -0.1) is 0 Å². The van der Waals surface area contributed by atoms with Gasteiger partial charge >= 0.3 is 0 Å². The van der Waals surface area contributed by atoms with Gasteiger partial charge in [0.05, 0.1) is 45.0 Å². The van der Waals surface area contributed by atoms with Crippen molar-refractivity contribution in [2.24, 2.45) is 0 Å². The molecule has 0 radical (unpaired) electrons. The Morgan fingerprint density at radius 2 is 0.836 bits per heavy atom. The van der Waals surface area contributed by atoms with Gasteiger partial charge < -0.3 is 14.5 Å². The van der Waals surface area contributed by atoms with E-state index in [1.165, 1.54) is 16.3 Å². The molecule has 6 heteroatoms. The Labute approximate surface area is 351 Å². The number of benzene rings is 5. The first kappa shape index (κ1) is 34.7. The number of aromatic amines is 2. The molecule has 0 atom stereocenters. The predicted molar refractivity (Wildman–Crippen MR) is 253 cm³/mol. The molecule has 61 heavy (non-hydrogen) atoms. The largest absolute Gasteiger partial charge is 0.354 e. The van der Waals surface area contributed by atoms with Crippen LogP contribution < -0.4 is 0 Å². The van der Waals surface area contributed by atoms with Crippen molar-refractivity contribution in [3.63, 3.8) is 0 Å². The van der Waals surface area contributed by atoms with Crippen LogP contribution in [0.4, 0.5) is 0 Å². The van der Waals surface area contributed by atoms with Crippen LogP contribution in [0.15, 0.2) is 182 Å². The number of para-hydroxylation sites is 2. The number of nitrogens with zero attached hydrogens (tertiary/aromatic N) is 4. The van der Waals surface area contributed by atoms with Crippen LogP contribution in [-0.4, -0.2) is 29.5 Å². The molecule has 6 nitrogen and oxygen atoms in total. The summed E-state index contributed by atoms with van der Waals surface area (Å²) in [5.74, 6) is 0. The van der Waals surface area contributed by atoms with E-state index in [2.05, 4.69) is 197 Å². The van der Waals surface area contributed by atoms with Gasteiger partial charge in [-0.05, 0) is 108 Å². The third-order valence-electron chi connectivity index (χ3n) is 11.8. The average Bonchev–Trinajstić information content (AvgIpc) is 4.19. The third-order valence-corrected chi connectivity index (χ3v) is 11.8. The molecule has 0 unspecified atom stereocenters. The summed E-state index contributed by atoms with van der Waals surface area (Å²) >= 11 is 0. The standard InChI is InChI=1S/C55H36N6/c1-4-14-35(15-5-1)52-42-24-26-46(57-42)54(37-23-32-51-40(34-37)39-20-10-11-22-50(39)61(51)38-18-8-3-9-19-38)47-27-25-43(58-47)53(36-16-6-2-7-17-36)45-29-31-49(60-45)55(41-21-12-13-33-56-41)48-30-28-44(52)59-48/h1-34,57,60H. The van der Waals surface area contributed by atoms with Gasteiger partial charge in [0.2, 0.25) is 0 Å². The van der Waals surface area contributed by atoms with E-state index in [9.17, 15) is 0 Å². The maximum Gasteiger partial charge on any atom is 0.0753 e. The molecule has 7 heterocycles. The Kier molecular flexibility index (Phi) is 8.06. The lowest BCUT2D eigenvalue weighted by Crippen LogP contribution is -1.93. The summed E-state index contributed by atoms with van der Waals surface area (Å²) in [7, 11) is 0. The van der Waals surface area contributed by atoms with Crippen molar-refractivity contribution in [3.05, 3.63) is 205 Å². The molecule has 0 aliphatic carbocycles. The number of H-pyrrole nitrogens is 2. The lowest BCUT2D eigenvalue weighted by molar-refractivity contribution is 1.18. The van der Waals surface area contributed by atoms with E-state index in [-0.39, 0.29) is 0 Å². The van der Waals surface area contributed by atoms with E-state index in [0.717, 1.165) is 101 Å². The molecule has 5 aromatic carbocycles. The molecule has 2 aliphatic rings. The van der Waals surface area contributed by atoms with Gasteiger partial charge in [0.15, 0.2) is 0 Å². The number of rotatable bonds is 5. The Bertz CT molecular complexity index is 3520. The predicted octanol–water partition coefficient (Wildman–Crippen LogP) is 13.8. The fourth-order valence-corrected chi connectivity index (χ4v) is 9.09. The lowest BCUT2D eigenvalue weighted by Gasteiger charge is -2.09. The molecule has 10 aromatic rings. The molecule has 5 aromatic heterocycles. The van der Waals surface area contributed by atoms with Gasteiger partial charge in [0.25, 0.3) is 0 Å². The first-order valence-electron chi connectivity index (χ1n) is 20.5. The van der Waals surface area contributed by atoms with Crippen molar-refractivity contribution in [1.29, 1.82) is 0 Å². The third kappa shape index (κ3) is 5.84. The van der Waals surface area contributed by atoms with E-state index in [1.54, 1.807) is 0 Å². The van der Waals surface area contributed by atoms with Crippen LogP contribution >= 0.6 is 0 Å². The summed E-state index contributed by atoms with van der Waals surface area (Å²) in [6.07, 6.45) is 10.4. The molecule has 0 spiro atoms. The van der Waals surface area contributed by atoms with Gasteiger partial charge in [-0.1, -0.05) is 109 Å². The number of pyridine rings is 1. The average molecular weight is 781 g/mol. The highest BCUT2D eigenvalue weighted by atomic mass is 15.0. The molecular formula is C55H36N6. The van der Waals surface area contributed by atoms with Crippen molar-refractivity contribution in [1.82, 2.24) is 29.5 Å². The number of hydrogen-bond donors (Lipinski definition) is 2. The molecule has 8 bridgehead atoms. The fraction of sp³-hybridized carbons (Fsp3) is 0. The highest BCUT2D eigenvalue weighted by Gasteiger charge is 2.20. The number of fused-ring (bicyclic) bond motifs is 11. The zero-order valence-electron chi connectivity index (χ0n) is 32.9. The van der Waals surface area contributed by atoms with Crippen LogP contribution in [0.2, 0.25) is 0 Å². The maximum absolute atomic E-state index is 5.53. The highest BCUT2D eigenvalue weighted by Crippen LogP contribution is 2.40. The zero-order valence-corrected chi connectivity index (χ0v) is 32.9. The SMILES string of the molecule is C1=Cc2nc1c(-c1ccc3c(c1)c1ccccc1n3-c1ccccc1)c1ccc([nH]1)c(-c1ccccc1)c1nc(c(-c3ccccn3)c3ccc([nH]3)c2-c2ccccc2)C=C1. The molecule has 0 saturated heterocycles. The smallest absolute Gasteiger partial charge is 0.0753 e. The van der Waals surface area contributed by atoms with Crippen LogP contribution in [0.1, 0.15) is 22.8 Å². The van der Waals surface area contributed by atoms with E-state index in [0.29, 0.717) is 0 Å². The Balaban J connectivity index is 1.22. The summed E-state index contributed by atoms with van der Waals surface area (Å²) in [5.41, 5.74) is 18.7. The molecule has 286 valence electrons. The summed E-state index contributed by atoms with van der Waals surface area (Å²) in [4.78, 5) is 23.5. The number of hydrogen-bond acceptors (Lipinski definition) is 3.